The van der Waals surface area contributed by atoms with Crippen LogP contribution >= 0.6 is 0 Å². The molecule has 0 saturated carbocycles. The fourth-order valence-corrected chi connectivity index (χ4v) is 3.01. The molecule has 0 fully saturated rings. The Labute approximate surface area is 166 Å². The third kappa shape index (κ3) is 2.63. The summed E-state index contributed by atoms with van der Waals surface area (Å²) < 4.78 is 3.11. The highest BCUT2D eigenvalue weighted by Gasteiger charge is 2.19. The summed E-state index contributed by atoms with van der Waals surface area (Å²) in [5.41, 5.74) is 1.48. The molecule has 0 spiro atoms. The summed E-state index contributed by atoms with van der Waals surface area (Å²) in [7, 11) is 0. The maximum Gasteiger partial charge on any atom is 0.335 e. The van der Waals surface area contributed by atoms with Gasteiger partial charge in [0.25, 0.3) is 11.6 Å². The maximum atomic E-state index is 11.1. The van der Waals surface area contributed by atoms with E-state index in [1.807, 2.05) is 0 Å². The summed E-state index contributed by atoms with van der Waals surface area (Å²) in [4.78, 5) is 22.2. The SMILES string of the molecule is O=C(O)c1ccc(-c2nnc3nnc4nnc(-c5ccc(C(=O)O)cc5)n4n23)cc1. The number of fused-ring (bicyclic) bond motifs is 3. The van der Waals surface area contributed by atoms with Crippen LogP contribution in [0.25, 0.3) is 34.3 Å². The largest absolute Gasteiger partial charge is 0.478 e. The smallest absolute Gasteiger partial charge is 0.335 e. The predicted octanol–water partition coefficient (Wildman–Crippen LogP) is 1.29. The molecule has 5 aromatic rings. The average Bonchev–Trinajstić information content (AvgIpc) is 3.37. The quantitative estimate of drug-likeness (QED) is 0.448. The van der Waals surface area contributed by atoms with E-state index >= 15 is 0 Å². The summed E-state index contributed by atoms with van der Waals surface area (Å²) in [6, 6.07) is 12.3. The van der Waals surface area contributed by atoms with Gasteiger partial charge in [-0.05, 0) is 24.3 Å². The van der Waals surface area contributed by atoms with Gasteiger partial charge in [-0.3, -0.25) is 0 Å². The molecule has 0 unspecified atom stereocenters. The lowest BCUT2D eigenvalue weighted by Gasteiger charge is -2.05. The molecule has 146 valence electrons. The molecular formula is C18H10N8O4. The topological polar surface area (TPSA) is 161 Å². The lowest BCUT2D eigenvalue weighted by molar-refractivity contribution is 0.0686. The Kier molecular flexibility index (Phi) is 3.71. The van der Waals surface area contributed by atoms with Crippen LogP contribution in [-0.2, 0) is 0 Å². The van der Waals surface area contributed by atoms with Crippen molar-refractivity contribution in [1.82, 2.24) is 39.6 Å². The van der Waals surface area contributed by atoms with Gasteiger partial charge in [-0.25, -0.2) is 9.59 Å². The van der Waals surface area contributed by atoms with E-state index in [4.69, 9.17) is 10.2 Å². The van der Waals surface area contributed by atoms with Crippen molar-refractivity contribution in [3.63, 3.8) is 0 Å². The van der Waals surface area contributed by atoms with Gasteiger partial charge in [-0.1, -0.05) is 24.3 Å². The Balaban J connectivity index is 1.73. The van der Waals surface area contributed by atoms with Crippen LogP contribution in [0.4, 0.5) is 0 Å². The first-order valence-electron chi connectivity index (χ1n) is 8.53. The molecule has 3 aromatic heterocycles. The molecule has 12 nitrogen and oxygen atoms in total. The van der Waals surface area contributed by atoms with Crippen LogP contribution in [0.3, 0.4) is 0 Å². The van der Waals surface area contributed by atoms with Gasteiger partial charge >= 0.3 is 11.9 Å². The maximum absolute atomic E-state index is 11.1. The number of aromatic carboxylic acids is 2. The molecule has 0 aliphatic carbocycles. The third-order valence-corrected chi connectivity index (χ3v) is 4.46. The molecule has 12 heteroatoms. The lowest BCUT2D eigenvalue weighted by atomic mass is 10.1. The molecule has 0 saturated heterocycles. The number of carbonyl (C=O) groups is 2. The zero-order chi connectivity index (χ0) is 20.8. The second kappa shape index (κ2) is 6.41. The van der Waals surface area contributed by atoms with Crippen LogP contribution in [0, 0.1) is 0 Å². The van der Waals surface area contributed by atoms with Gasteiger partial charge in [0.05, 0.1) is 11.1 Å². The average molecular weight is 402 g/mol. The standard InChI is InChI=1S/C18H10N8O4/c27-15(28)11-5-1-9(2-6-11)13-19-21-17-23-24-18-22-20-14(26(18)25(13)17)10-3-7-12(8-4-10)16(29)30/h1-8H,(H,27,28)(H,29,30). The van der Waals surface area contributed by atoms with Gasteiger partial charge in [0.1, 0.15) is 0 Å². The number of carboxylic acid groups (broad SMARTS) is 2. The third-order valence-electron chi connectivity index (χ3n) is 4.46. The van der Waals surface area contributed by atoms with E-state index in [0.29, 0.717) is 22.8 Å². The predicted molar refractivity (Wildman–Crippen MR) is 99.9 cm³/mol. The first kappa shape index (κ1) is 17.4. The summed E-state index contributed by atoms with van der Waals surface area (Å²) in [6.45, 7) is 0. The van der Waals surface area contributed by atoms with Gasteiger partial charge in [-0.15, -0.1) is 30.6 Å². The summed E-state index contributed by atoms with van der Waals surface area (Å²) in [5, 5.41) is 42.5. The van der Waals surface area contributed by atoms with Crippen LogP contribution in [0.5, 0.6) is 0 Å². The van der Waals surface area contributed by atoms with Crippen molar-refractivity contribution < 1.29 is 19.8 Å². The Morgan fingerprint density at radius 3 is 1.23 bits per heavy atom. The molecule has 3 heterocycles. The second-order valence-corrected chi connectivity index (χ2v) is 6.24. The molecule has 0 aliphatic heterocycles. The Morgan fingerprint density at radius 2 is 0.900 bits per heavy atom. The highest BCUT2D eigenvalue weighted by molar-refractivity contribution is 5.88. The van der Waals surface area contributed by atoms with Gasteiger partial charge < -0.3 is 10.2 Å². The second-order valence-electron chi connectivity index (χ2n) is 6.24. The van der Waals surface area contributed by atoms with Gasteiger partial charge in [0.15, 0.2) is 11.6 Å². The fourth-order valence-electron chi connectivity index (χ4n) is 3.01. The number of nitrogens with zero attached hydrogens (tertiary/aromatic N) is 8. The normalized spacial score (nSPS) is 11.2. The van der Waals surface area contributed by atoms with Crippen LogP contribution in [0.1, 0.15) is 20.7 Å². The van der Waals surface area contributed by atoms with Crippen molar-refractivity contribution in [2.75, 3.05) is 0 Å². The Hall–Kier alpha value is -4.74. The molecule has 0 radical (unpaired) electrons. The van der Waals surface area contributed by atoms with Crippen molar-refractivity contribution in [2.45, 2.75) is 0 Å². The van der Waals surface area contributed by atoms with Crippen LogP contribution < -0.4 is 0 Å². The molecule has 0 amide bonds. The van der Waals surface area contributed by atoms with E-state index in [1.54, 1.807) is 33.3 Å². The van der Waals surface area contributed by atoms with Crippen molar-refractivity contribution in [3.05, 3.63) is 59.7 Å². The van der Waals surface area contributed by atoms with Crippen molar-refractivity contribution in [2.24, 2.45) is 0 Å². The van der Waals surface area contributed by atoms with E-state index in [0.717, 1.165) is 0 Å². The molecule has 0 aliphatic rings. The lowest BCUT2D eigenvalue weighted by Crippen LogP contribution is -2.08. The van der Waals surface area contributed by atoms with Crippen LogP contribution in [-0.4, -0.2) is 61.8 Å². The Bertz CT molecular complexity index is 1330. The van der Waals surface area contributed by atoms with Crippen molar-refractivity contribution in [1.29, 1.82) is 0 Å². The highest BCUT2D eigenvalue weighted by Crippen LogP contribution is 2.22. The summed E-state index contributed by atoms with van der Waals surface area (Å²) in [5.74, 6) is -0.945. The molecule has 0 bridgehead atoms. The first-order chi connectivity index (χ1) is 14.5. The van der Waals surface area contributed by atoms with E-state index in [1.165, 1.54) is 24.3 Å². The van der Waals surface area contributed by atoms with E-state index < -0.39 is 11.9 Å². The van der Waals surface area contributed by atoms with E-state index in [-0.39, 0.29) is 22.7 Å². The molecule has 30 heavy (non-hydrogen) atoms. The van der Waals surface area contributed by atoms with E-state index in [9.17, 15) is 9.59 Å². The zero-order valence-electron chi connectivity index (χ0n) is 14.9. The minimum absolute atomic E-state index is 0.140. The van der Waals surface area contributed by atoms with E-state index in [2.05, 4.69) is 30.6 Å². The Morgan fingerprint density at radius 1 is 0.567 bits per heavy atom. The molecular weight excluding hydrogens is 392 g/mol. The molecule has 5 rings (SSSR count). The summed E-state index contributed by atoms with van der Waals surface area (Å²) >= 11 is 0. The number of hydrogen-bond donors (Lipinski definition) is 2. The minimum atomic E-state index is -1.04. The van der Waals surface area contributed by atoms with Gasteiger partial charge in [-0.2, -0.15) is 9.03 Å². The van der Waals surface area contributed by atoms with Crippen molar-refractivity contribution >= 4 is 23.5 Å². The minimum Gasteiger partial charge on any atom is -0.478 e. The first-order valence-corrected chi connectivity index (χ1v) is 8.53. The number of carboxylic acids is 2. The number of aromatic nitrogens is 8. The van der Waals surface area contributed by atoms with Gasteiger partial charge in [0, 0.05) is 11.1 Å². The number of hydrogen-bond acceptors (Lipinski definition) is 8. The highest BCUT2D eigenvalue weighted by atomic mass is 16.4. The molecule has 0 atom stereocenters. The van der Waals surface area contributed by atoms with Crippen LogP contribution in [0.2, 0.25) is 0 Å². The molecule has 2 aromatic carbocycles. The molecule has 2 N–H and O–H groups in total. The zero-order valence-corrected chi connectivity index (χ0v) is 14.9. The van der Waals surface area contributed by atoms with Crippen LogP contribution in [0.15, 0.2) is 48.5 Å². The van der Waals surface area contributed by atoms with Gasteiger partial charge in [0.2, 0.25) is 0 Å². The fraction of sp³-hybridized carbons (Fsp3) is 0. The number of benzene rings is 2. The monoisotopic (exact) mass is 402 g/mol. The summed E-state index contributed by atoms with van der Waals surface area (Å²) in [6.07, 6.45) is 0. The van der Waals surface area contributed by atoms with Crippen molar-refractivity contribution in [3.8, 4) is 22.8 Å². The number of rotatable bonds is 4.